The fraction of sp³-hybridized carbons (Fsp3) is 0.235. The minimum Gasteiger partial charge on any atom is -0.491 e. The summed E-state index contributed by atoms with van der Waals surface area (Å²) in [6.45, 7) is 2.05. The summed E-state index contributed by atoms with van der Waals surface area (Å²) in [5.41, 5.74) is 1.52. The van der Waals surface area contributed by atoms with Crippen LogP contribution < -0.4 is 10.1 Å². The average Bonchev–Trinajstić information content (AvgIpc) is 2.52. The molecule has 0 aliphatic rings. The van der Waals surface area contributed by atoms with Crippen molar-refractivity contribution in [2.24, 2.45) is 0 Å². The number of Topliss-reactive ketones (excluding diaryl/α,β-unsaturated/α-hetero) is 1. The summed E-state index contributed by atoms with van der Waals surface area (Å²) >= 11 is 5.80. The van der Waals surface area contributed by atoms with Gasteiger partial charge >= 0.3 is 0 Å². The zero-order valence-corrected chi connectivity index (χ0v) is 13.0. The summed E-state index contributed by atoms with van der Waals surface area (Å²) < 4.78 is 5.49. The Bertz CT molecular complexity index is 611. The molecule has 0 saturated heterocycles. The Morgan fingerprint density at radius 3 is 2.41 bits per heavy atom. The van der Waals surface area contributed by atoms with Gasteiger partial charge in [0.2, 0.25) is 0 Å². The molecular weight excluding hydrogens is 302 g/mol. The Hall–Kier alpha value is -2.04. The van der Waals surface area contributed by atoms with Crippen molar-refractivity contribution in [2.75, 3.05) is 18.5 Å². The summed E-state index contributed by atoms with van der Waals surface area (Å²) in [6.07, 6.45) is -0.650. The number of aliphatic hydroxyl groups is 1. The van der Waals surface area contributed by atoms with E-state index in [0.29, 0.717) is 22.9 Å². The van der Waals surface area contributed by atoms with Crippen LogP contribution in [0.15, 0.2) is 48.5 Å². The largest absolute Gasteiger partial charge is 0.491 e. The summed E-state index contributed by atoms with van der Waals surface area (Å²) in [6, 6.07) is 14.1. The molecule has 0 unspecified atom stereocenters. The fourth-order valence-corrected chi connectivity index (χ4v) is 1.97. The molecule has 0 saturated carbocycles. The van der Waals surface area contributed by atoms with Gasteiger partial charge in [-0.3, -0.25) is 4.79 Å². The SMILES string of the molecule is CC(=O)c1ccc(OC[C@H](O)CNc2ccc(Cl)cc2)cc1. The number of anilines is 1. The zero-order valence-electron chi connectivity index (χ0n) is 12.3. The van der Waals surface area contributed by atoms with Gasteiger partial charge in [0.25, 0.3) is 0 Å². The van der Waals surface area contributed by atoms with E-state index in [1.807, 2.05) is 12.1 Å². The molecule has 5 heteroatoms. The van der Waals surface area contributed by atoms with Crippen molar-refractivity contribution in [3.63, 3.8) is 0 Å². The van der Waals surface area contributed by atoms with Crippen molar-refractivity contribution in [1.29, 1.82) is 0 Å². The van der Waals surface area contributed by atoms with Crippen molar-refractivity contribution >= 4 is 23.1 Å². The molecule has 2 aromatic rings. The fourth-order valence-electron chi connectivity index (χ4n) is 1.84. The second-order valence-corrected chi connectivity index (χ2v) is 5.37. The first-order chi connectivity index (χ1) is 10.5. The van der Waals surface area contributed by atoms with Crippen LogP contribution in [-0.4, -0.2) is 30.1 Å². The molecule has 0 heterocycles. The van der Waals surface area contributed by atoms with Crippen LogP contribution in [0.25, 0.3) is 0 Å². The molecule has 22 heavy (non-hydrogen) atoms. The summed E-state index contributed by atoms with van der Waals surface area (Å²) in [5, 5.41) is 13.7. The van der Waals surface area contributed by atoms with Gasteiger partial charge < -0.3 is 15.2 Å². The van der Waals surface area contributed by atoms with Gasteiger partial charge in [0.15, 0.2) is 5.78 Å². The van der Waals surface area contributed by atoms with Crippen LogP contribution in [-0.2, 0) is 0 Å². The quantitative estimate of drug-likeness (QED) is 0.768. The molecule has 2 N–H and O–H groups in total. The number of benzene rings is 2. The maximum absolute atomic E-state index is 11.2. The lowest BCUT2D eigenvalue weighted by Crippen LogP contribution is -2.26. The summed E-state index contributed by atoms with van der Waals surface area (Å²) in [5.74, 6) is 0.634. The van der Waals surface area contributed by atoms with Crippen LogP contribution in [0, 0.1) is 0 Å². The number of hydrogen-bond acceptors (Lipinski definition) is 4. The molecule has 1 atom stereocenters. The number of ketones is 1. The van der Waals surface area contributed by atoms with Crippen LogP contribution in [0.4, 0.5) is 5.69 Å². The van der Waals surface area contributed by atoms with Gasteiger partial charge in [0, 0.05) is 22.8 Å². The highest BCUT2D eigenvalue weighted by molar-refractivity contribution is 6.30. The highest BCUT2D eigenvalue weighted by Gasteiger charge is 2.06. The van der Waals surface area contributed by atoms with Gasteiger partial charge in [-0.25, -0.2) is 0 Å². The molecule has 4 nitrogen and oxygen atoms in total. The summed E-state index contributed by atoms with van der Waals surface area (Å²) in [4.78, 5) is 11.2. The topological polar surface area (TPSA) is 58.6 Å². The van der Waals surface area contributed by atoms with Crippen LogP contribution in [0.2, 0.25) is 5.02 Å². The maximum atomic E-state index is 11.2. The van der Waals surface area contributed by atoms with Crippen LogP contribution in [0.1, 0.15) is 17.3 Å². The number of nitrogens with one attached hydrogen (secondary N) is 1. The number of carbonyl (C=O) groups excluding carboxylic acids is 1. The molecule has 2 aromatic carbocycles. The monoisotopic (exact) mass is 319 g/mol. The molecule has 0 aromatic heterocycles. The van der Waals surface area contributed by atoms with E-state index in [-0.39, 0.29) is 12.4 Å². The van der Waals surface area contributed by atoms with E-state index in [9.17, 15) is 9.90 Å². The maximum Gasteiger partial charge on any atom is 0.159 e. The first-order valence-corrected chi connectivity index (χ1v) is 7.33. The molecule has 116 valence electrons. The van der Waals surface area contributed by atoms with Crippen molar-refractivity contribution in [3.8, 4) is 5.75 Å². The minimum absolute atomic E-state index is 0.0127. The van der Waals surface area contributed by atoms with E-state index in [0.717, 1.165) is 5.69 Å². The number of rotatable bonds is 7. The third-order valence-electron chi connectivity index (χ3n) is 3.09. The first kappa shape index (κ1) is 16.3. The van der Waals surface area contributed by atoms with Gasteiger partial charge in [-0.15, -0.1) is 0 Å². The Labute approximate surface area is 134 Å². The van der Waals surface area contributed by atoms with Gasteiger partial charge in [0.05, 0.1) is 0 Å². The van der Waals surface area contributed by atoms with Crippen LogP contribution >= 0.6 is 11.6 Å². The second-order valence-electron chi connectivity index (χ2n) is 4.93. The number of ether oxygens (including phenoxy) is 1. The molecule has 0 radical (unpaired) electrons. The minimum atomic E-state index is -0.650. The van der Waals surface area contributed by atoms with E-state index in [2.05, 4.69) is 5.32 Å². The van der Waals surface area contributed by atoms with Crippen molar-refractivity contribution in [2.45, 2.75) is 13.0 Å². The number of carbonyl (C=O) groups is 1. The molecule has 0 aliphatic heterocycles. The predicted octanol–water partition coefficient (Wildman–Crippen LogP) is 3.39. The van der Waals surface area contributed by atoms with Crippen LogP contribution in [0.3, 0.4) is 0 Å². The van der Waals surface area contributed by atoms with E-state index < -0.39 is 6.10 Å². The van der Waals surface area contributed by atoms with Crippen molar-refractivity contribution in [3.05, 3.63) is 59.1 Å². The van der Waals surface area contributed by atoms with Gasteiger partial charge in [-0.1, -0.05) is 11.6 Å². The van der Waals surface area contributed by atoms with E-state index in [1.165, 1.54) is 6.92 Å². The summed E-state index contributed by atoms with van der Waals surface area (Å²) in [7, 11) is 0. The molecule has 0 fully saturated rings. The molecule has 0 amide bonds. The third kappa shape index (κ3) is 5.06. The Balaban J connectivity index is 1.76. The van der Waals surface area contributed by atoms with Gasteiger partial charge in [-0.2, -0.15) is 0 Å². The van der Waals surface area contributed by atoms with Crippen LogP contribution in [0.5, 0.6) is 5.75 Å². The molecular formula is C17H18ClNO3. The lowest BCUT2D eigenvalue weighted by Gasteiger charge is -2.14. The lowest BCUT2D eigenvalue weighted by molar-refractivity contribution is 0.101. The Morgan fingerprint density at radius 1 is 1.18 bits per heavy atom. The highest BCUT2D eigenvalue weighted by Crippen LogP contribution is 2.14. The van der Waals surface area contributed by atoms with Gasteiger partial charge in [0.1, 0.15) is 18.5 Å². The number of hydrogen-bond donors (Lipinski definition) is 2. The predicted molar refractivity (Wildman–Crippen MR) is 87.9 cm³/mol. The van der Waals surface area contributed by atoms with E-state index in [1.54, 1.807) is 36.4 Å². The molecule has 0 bridgehead atoms. The molecule has 0 aliphatic carbocycles. The Kier molecular flexibility index (Phi) is 5.81. The van der Waals surface area contributed by atoms with Crippen molar-refractivity contribution < 1.29 is 14.6 Å². The Morgan fingerprint density at radius 2 is 1.82 bits per heavy atom. The zero-order chi connectivity index (χ0) is 15.9. The van der Waals surface area contributed by atoms with E-state index >= 15 is 0 Å². The molecule has 2 rings (SSSR count). The first-order valence-electron chi connectivity index (χ1n) is 6.96. The van der Waals surface area contributed by atoms with Crippen molar-refractivity contribution in [1.82, 2.24) is 0 Å². The third-order valence-corrected chi connectivity index (χ3v) is 3.34. The number of aliphatic hydroxyl groups excluding tert-OH is 1. The lowest BCUT2D eigenvalue weighted by atomic mass is 10.1. The van der Waals surface area contributed by atoms with E-state index in [4.69, 9.17) is 16.3 Å². The smallest absolute Gasteiger partial charge is 0.159 e. The highest BCUT2D eigenvalue weighted by atomic mass is 35.5. The molecule has 0 spiro atoms. The normalized spacial score (nSPS) is 11.8. The van der Waals surface area contributed by atoms with Gasteiger partial charge in [-0.05, 0) is 55.5 Å². The standard InChI is InChI=1S/C17H18ClNO3/c1-12(20)13-2-8-17(9-3-13)22-11-16(21)10-19-15-6-4-14(18)5-7-15/h2-9,16,19,21H,10-11H2,1H3/t16-/m1/s1. The second kappa shape index (κ2) is 7.82. The number of halogens is 1. The average molecular weight is 320 g/mol.